The highest BCUT2D eigenvalue weighted by Crippen LogP contribution is 2.17. The van der Waals surface area contributed by atoms with Gasteiger partial charge in [0.05, 0.1) is 12.1 Å². The van der Waals surface area contributed by atoms with Crippen molar-refractivity contribution in [2.24, 2.45) is 0 Å². The summed E-state index contributed by atoms with van der Waals surface area (Å²) in [5.74, 6) is 0.358. The minimum absolute atomic E-state index is 0.166. The Morgan fingerprint density at radius 1 is 1.21 bits per heavy atom. The van der Waals surface area contributed by atoms with Crippen molar-refractivity contribution in [3.8, 4) is 6.07 Å². The van der Waals surface area contributed by atoms with Crippen molar-refractivity contribution in [3.63, 3.8) is 0 Å². The van der Waals surface area contributed by atoms with Crippen LogP contribution in [0.1, 0.15) is 10.4 Å². The van der Waals surface area contributed by atoms with E-state index in [1.165, 1.54) is 4.88 Å². The number of aromatic nitrogens is 1. The maximum atomic E-state index is 12.1. The fraction of sp³-hybridized carbons (Fsp3) is 0.368. The van der Waals surface area contributed by atoms with Gasteiger partial charge in [0.15, 0.2) is 0 Å². The predicted octanol–water partition coefficient (Wildman–Crippen LogP) is 1.21. The van der Waals surface area contributed by atoms with Crippen LogP contribution in [0.15, 0.2) is 35.8 Å². The second kappa shape index (κ2) is 9.82. The van der Waals surface area contributed by atoms with Crippen LogP contribution in [0.5, 0.6) is 0 Å². The molecule has 3 amide bonds. The van der Waals surface area contributed by atoms with Gasteiger partial charge >= 0.3 is 6.03 Å². The van der Waals surface area contributed by atoms with Crippen molar-refractivity contribution >= 4 is 29.1 Å². The minimum Gasteiger partial charge on any atom is -0.353 e. The number of amides is 3. The molecule has 0 aliphatic carbocycles. The van der Waals surface area contributed by atoms with Crippen LogP contribution in [0.2, 0.25) is 0 Å². The van der Waals surface area contributed by atoms with Crippen molar-refractivity contribution in [1.82, 2.24) is 20.5 Å². The second-order valence-electron chi connectivity index (χ2n) is 6.38. The molecular formula is C19H22N6O2S. The highest BCUT2D eigenvalue weighted by atomic mass is 32.1. The third-order valence-corrected chi connectivity index (χ3v) is 5.37. The molecule has 2 aromatic heterocycles. The molecule has 2 aromatic rings. The molecule has 146 valence electrons. The normalized spacial score (nSPS) is 14.3. The molecule has 9 heteroatoms. The molecule has 8 nitrogen and oxygen atoms in total. The summed E-state index contributed by atoms with van der Waals surface area (Å²) < 4.78 is 0. The lowest BCUT2D eigenvalue weighted by Gasteiger charge is -2.35. The number of carbonyl (C=O) groups is 2. The molecule has 1 aliphatic rings. The average Bonchev–Trinajstić information content (AvgIpc) is 3.22. The number of imide groups is 1. The Kier molecular flexibility index (Phi) is 6.94. The van der Waals surface area contributed by atoms with Crippen LogP contribution in [0.4, 0.5) is 10.6 Å². The summed E-state index contributed by atoms with van der Waals surface area (Å²) in [5, 5.41) is 16.3. The number of piperazine rings is 1. The third-order valence-electron chi connectivity index (χ3n) is 4.44. The zero-order valence-corrected chi connectivity index (χ0v) is 16.2. The Morgan fingerprint density at radius 2 is 2.04 bits per heavy atom. The van der Waals surface area contributed by atoms with Gasteiger partial charge in [-0.3, -0.25) is 15.0 Å². The number of rotatable bonds is 6. The van der Waals surface area contributed by atoms with Gasteiger partial charge in [-0.2, -0.15) is 5.26 Å². The molecule has 3 rings (SSSR count). The number of anilines is 1. The van der Waals surface area contributed by atoms with Gasteiger partial charge in [0.25, 0.3) is 0 Å². The van der Waals surface area contributed by atoms with Crippen LogP contribution in [-0.4, -0.2) is 61.1 Å². The van der Waals surface area contributed by atoms with Crippen molar-refractivity contribution in [3.05, 3.63) is 46.3 Å². The summed E-state index contributed by atoms with van der Waals surface area (Å²) in [5.41, 5.74) is 0.549. The van der Waals surface area contributed by atoms with E-state index in [2.05, 4.69) is 21.7 Å². The summed E-state index contributed by atoms with van der Waals surface area (Å²) in [4.78, 5) is 33.4. The van der Waals surface area contributed by atoms with Crippen LogP contribution in [0, 0.1) is 11.3 Å². The van der Waals surface area contributed by atoms with E-state index in [4.69, 9.17) is 0 Å². The van der Waals surface area contributed by atoms with Crippen LogP contribution in [0.3, 0.4) is 0 Å². The molecule has 0 spiro atoms. The minimum atomic E-state index is -0.465. The number of nitrogens with one attached hydrogen (secondary N) is 2. The van der Waals surface area contributed by atoms with Crippen LogP contribution >= 0.6 is 11.3 Å². The number of urea groups is 1. The van der Waals surface area contributed by atoms with Crippen molar-refractivity contribution < 1.29 is 9.59 Å². The molecule has 1 fully saturated rings. The van der Waals surface area contributed by atoms with Gasteiger partial charge in [-0.25, -0.2) is 9.78 Å². The summed E-state index contributed by atoms with van der Waals surface area (Å²) >= 11 is 1.64. The topological polar surface area (TPSA) is 101 Å². The van der Waals surface area contributed by atoms with Gasteiger partial charge in [-0.1, -0.05) is 6.07 Å². The van der Waals surface area contributed by atoms with E-state index in [0.717, 1.165) is 6.42 Å². The summed E-state index contributed by atoms with van der Waals surface area (Å²) in [6, 6.07) is 9.17. The number of thiophene rings is 1. The van der Waals surface area contributed by atoms with Gasteiger partial charge in [0.2, 0.25) is 5.91 Å². The molecule has 1 saturated heterocycles. The zero-order chi connectivity index (χ0) is 19.8. The van der Waals surface area contributed by atoms with Gasteiger partial charge in [0.1, 0.15) is 11.9 Å². The maximum Gasteiger partial charge on any atom is 0.321 e. The lowest BCUT2D eigenvalue weighted by molar-refractivity contribution is -0.121. The Labute approximate surface area is 167 Å². The number of nitrogens with zero attached hydrogens (tertiary/aromatic N) is 4. The fourth-order valence-electron chi connectivity index (χ4n) is 3.02. The third kappa shape index (κ3) is 5.52. The lowest BCUT2D eigenvalue weighted by Crippen LogP contribution is -2.51. The first-order chi connectivity index (χ1) is 13.7. The van der Waals surface area contributed by atoms with Crippen LogP contribution < -0.4 is 15.5 Å². The fourth-order valence-corrected chi connectivity index (χ4v) is 3.73. The average molecular weight is 398 g/mol. The molecule has 0 bridgehead atoms. The van der Waals surface area contributed by atoms with Crippen LogP contribution in [0.25, 0.3) is 0 Å². The van der Waals surface area contributed by atoms with Crippen molar-refractivity contribution in [2.45, 2.75) is 6.42 Å². The molecule has 0 atom stereocenters. The SMILES string of the molecule is N#Cc1cccnc1N1CCN(CC(=O)NC(=O)NCCc2cccs2)CC1. The molecular weight excluding hydrogens is 376 g/mol. The van der Waals surface area contributed by atoms with E-state index in [9.17, 15) is 14.9 Å². The largest absolute Gasteiger partial charge is 0.353 e. The molecule has 1 aliphatic heterocycles. The van der Waals surface area contributed by atoms with E-state index >= 15 is 0 Å². The van der Waals surface area contributed by atoms with E-state index < -0.39 is 6.03 Å². The molecule has 3 heterocycles. The van der Waals surface area contributed by atoms with E-state index in [1.54, 1.807) is 29.7 Å². The molecule has 0 unspecified atom stereocenters. The van der Waals surface area contributed by atoms with E-state index in [-0.39, 0.29) is 12.5 Å². The van der Waals surface area contributed by atoms with Gasteiger partial charge in [-0.05, 0) is 30.0 Å². The summed E-state index contributed by atoms with van der Waals surface area (Å²) in [6.45, 7) is 3.32. The molecule has 2 N–H and O–H groups in total. The Morgan fingerprint density at radius 3 is 2.75 bits per heavy atom. The van der Waals surface area contributed by atoms with Gasteiger partial charge in [-0.15, -0.1) is 11.3 Å². The standard InChI is InChI=1S/C19H22N6O2S/c20-13-15-3-1-6-21-18(15)25-10-8-24(9-11-25)14-17(26)23-19(27)22-7-5-16-4-2-12-28-16/h1-4,6,12H,5,7-11,14H2,(H2,22,23,26,27). The number of hydrogen-bond acceptors (Lipinski definition) is 7. The first-order valence-electron chi connectivity index (χ1n) is 9.08. The Balaban J connectivity index is 1.37. The van der Waals surface area contributed by atoms with Crippen molar-refractivity contribution in [1.29, 1.82) is 5.26 Å². The predicted molar refractivity (Wildman–Crippen MR) is 107 cm³/mol. The molecule has 0 saturated carbocycles. The maximum absolute atomic E-state index is 12.1. The quantitative estimate of drug-likeness (QED) is 0.758. The van der Waals surface area contributed by atoms with Gasteiger partial charge < -0.3 is 10.2 Å². The molecule has 0 aromatic carbocycles. The lowest BCUT2D eigenvalue weighted by atomic mass is 10.2. The smallest absolute Gasteiger partial charge is 0.321 e. The van der Waals surface area contributed by atoms with E-state index in [0.29, 0.717) is 44.1 Å². The Hall–Kier alpha value is -2.96. The van der Waals surface area contributed by atoms with E-state index in [1.807, 2.05) is 27.3 Å². The number of nitriles is 1. The number of carbonyl (C=O) groups excluding carboxylic acids is 2. The number of hydrogen-bond donors (Lipinski definition) is 2. The van der Waals surface area contributed by atoms with Crippen molar-refractivity contribution in [2.75, 3.05) is 44.2 Å². The number of pyridine rings is 1. The van der Waals surface area contributed by atoms with Gasteiger partial charge in [0, 0.05) is 43.8 Å². The molecule has 28 heavy (non-hydrogen) atoms. The molecule has 0 radical (unpaired) electrons. The second-order valence-corrected chi connectivity index (χ2v) is 7.42. The zero-order valence-electron chi connectivity index (χ0n) is 15.4. The summed E-state index contributed by atoms with van der Waals surface area (Å²) in [6.07, 6.45) is 2.42. The van der Waals surface area contributed by atoms with Crippen LogP contribution in [-0.2, 0) is 11.2 Å². The summed E-state index contributed by atoms with van der Waals surface area (Å²) in [7, 11) is 0. The highest BCUT2D eigenvalue weighted by molar-refractivity contribution is 7.09. The Bertz CT molecular complexity index is 840. The first kappa shape index (κ1) is 19.8. The first-order valence-corrected chi connectivity index (χ1v) is 9.96. The monoisotopic (exact) mass is 398 g/mol. The highest BCUT2D eigenvalue weighted by Gasteiger charge is 2.22.